The average molecular weight is 362 g/mol. The smallest absolute Gasteiger partial charge is 0.221 e. The molecule has 0 aliphatic heterocycles. The molecule has 0 unspecified atom stereocenters. The lowest BCUT2D eigenvalue weighted by atomic mass is 10.2. The van der Waals surface area contributed by atoms with Gasteiger partial charge >= 0.3 is 0 Å². The third-order valence-electron chi connectivity index (χ3n) is 3.44. The Kier molecular flexibility index (Phi) is 8.25. The van der Waals surface area contributed by atoms with Crippen molar-refractivity contribution in [3.63, 3.8) is 0 Å². The second-order valence-corrected chi connectivity index (χ2v) is 6.78. The van der Waals surface area contributed by atoms with Gasteiger partial charge in [-0.3, -0.25) is 4.79 Å². The molecule has 0 spiro atoms. The summed E-state index contributed by atoms with van der Waals surface area (Å²) in [7, 11) is 0. The number of carbonyl (C=O) groups is 1. The molecule has 0 radical (unpaired) electrons. The Bertz CT molecular complexity index is 665. The fourth-order valence-corrected chi connectivity index (χ4v) is 3.07. The van der Waals surface area contributed by atoms with E-state index in [2.05, 4.69) is 17.2 Å². The average Bonchev–Trinajstić information content (AvgIpc) is 2.62. The monoisotopic (exact) mass is 362 g/mol. The molecule has 1 aromatic heterocycles. The molecular weight excluding hydrogens is 339 g/mol. The number of halogens is 1. The van der Waals surface area contributed by atoms with Crippen LogP contribution in [-0.4, -0.2) is 22.4 Å². The van der Waals surface area contributed by atoms with Gasteiger partial charge in [-0.1, -0.05) is 13.3 Å². The molecule has 0 fully saturated rings. The molecule has 0 bridgehead atoms. The quantitative estimate of drug-likeness (QED) is 0.630. The first-order chi connectivity index (χ1) is 12.2. The molecule has 0 atom stereocenters. The summed E-state index contributed by atoms with van der Waals surface area (Å²) in [4.78, 5) is 16.0. The van der Waals surface area contributed by atoms with Gasteiger partial charge in [-0.2, -0.15) is 11.8 Å². The topological polar surface area (TPSA) is 51.2 Å². The summed E-state index contributed by atoms with van der Waals surface area (Å²) in [6, 6.07) is 9.34. The normalized spacial score (nSPS) is 10.5. The number of thioether (sulfide) groups is 1. The predicted octanol–water partition coefficient (Wildman–Crippen LogP) is 4.55. The predicted molar refractivity (Wildman–Crippen MR) is 99.4 cm³/mol. The number of carbonyl (C=O) groups excluding carboxylic acids is 1. The molecule has 2 rings (SSSR count). The minimum atomic E-state index is -0.315. The van der Waals surface area contributed by atoms with E-state index in [4.69, 9.17) is 4.74 Å². The summed E-state index contributed by atoms with van der Waals surface area (Å²) in [5.74, 6) is 2.61. The largest absolute Gasteiger partial charge is 0.439 e. The lowest BCUT2D eigenvalue weighted by Crippen LogP contribution is -2.23. The molecule has 25 heavy (non-hydrogen) atoms. The Morgan fingerprint density at radius 2 is 2.04 bits per heavy atom. The van der Waals surface area contributed by atoms with Crippen molar-refractivity contribution in [1.29, 1.82) is 0 Å². The highest BCUT2D eigenvalue weighted by atomic mass is 32.2. The van der Waals surface area contributed by atoms with E-state index in [1.165, 1.54) is 25.0 Å². The van der Waals surface area contributed by atoms with Crippen LogP contribution in [0.3, 0.4) is 0 Å². The molecule has 0 aliphatic rings. The number of hydrogen-bond acceptors (Lipinski definition) is 4. The minimum absolute atomic E-state index is 0.0433. The third-order valence-corrected chi connectivity index (χ3v) is 4.51. The Balaban J connectivity index is 1.77. The van der Waals surface area contributed by atoms with Crippen molar-refractivity contribution in [1.82, 2.24) is 10.3 Å². The summed E-state index contributed by atoms with van der Waals surface area (Å²) >= 11 is 1.81. The van der Waals surface area contributed by atoms with Crippen molar-refractivity contribution >= 4 is 17.7 Å². The molecule has 2 aromatic rings. The van der Waals surface area contributed by atoms with Crippen molar-refractivity contribution < 1.29 is 13.9 Å². The van der Waals surface area contributed by atoms with Crippen LogP contribution >= 0.6 is 11.8 Å². The Hall–Kier alpha value is -2.08. The number of pyridine rings is 1. The van der Waals surface area contributed by atoms with Gasteiger partial charge in [-0.25, -0.2) is 9.37 Å². The Labute approximate surface area is 152 Å². The van der Waals surface area contributed by atoms with E-state index in [-0.39, 0.29) is 11.7 Å². The molecule has 0 saturated heterocycles. The first-order valence-corrected chi connectivity index (χ1v) is 9.55. The van der Waals surface area contributed by atoms with Gasteiger partial charge in [0.15, 0.2) is 0 Å². The molecule has 0 saturated carbocycles. The number of benzene rings is 1. The van der Waals surface area contributed by atoms with E-state index in [1.807, 2.05) is 17.8 Å². The number of nitrogens with one attached hydrogen (secondary N) is 1. The zero-order valence-corrected chi connectivity index (χ0v) is 15.2. The first-order valence-electron chi connectivity index (χ1n) is 8.40. The molecule has 4 nitrogen and oxygen atoms in total. The number of hydrogen-bond donors (Lipinski definition) is 1. The maximum absolute atomic E-state index is 12.9. The zero-order valence-electron chi connectivity index (χ0n) is 14.3. The molecular formula is C19H23FN2O2S. The summed E-state index contributed by atoms with van der Waals surface area (Å²) in [6.07, 6.45) is 4.53. The summed E-state index contributed by atoms with van der Waals surface area (Å²) in [5, 5.41) is 2.90. The van der Waals surface area contributed by atoms with Crippen LogP contribution in [-0.2, 0) is 11.3 Å². The molecule has 1 N–H and O–H groups in total. The van der Waals surface area contributed by atoms with E-state index >= 15 is 0 Å². The van der Waals surface area contributed by atoms with E-state index in [9.17, 15) is 9.18 Å². The van der Waals surface area contributed by atoms with Crippen LogP contribution in [0.4, 0.5) is 4.39 Å². The Morgan fingerprint density at radius 1 is 1.24 bits per heavy atom. The molecule has 1 amide bonds. The van der Waals surface area contributed by atoms with Crippen molar-refractivity contribution in [3.05, 3.63) is 54.0 Å². The lowest BCUT2D eigenvalue weighted by molar-refractivity contribution is -0.120. The van der Waals surface area contributed by atoms with Gasteiger partial charge in [0.05, 0.1) is 0 Å². The standard InChI is InChI=1S/C19H23FN2O2S/c1-2-3-11-25-12-9-18(23)22-14-15-8-10-21-19(13-15)24-17-6-4-16(20)5-7-17/h4-8,10,13H,2-3,9,11-12,14H2,1H3,(H,22,23). The van der Waals surface area contributed by atoms with Gasteiger partial charge in [0.25, 0.3) is 0 Å². The number of unbranched alkanes of at least 4 members (excludes halogenated alkanes) is 1. The van der Waals surface area contributed by atoms with Gasteiger partial charge in [0.1, 0.15) is 11.6 Å². The molecule has 0 aliphatic carbocycles. The zero-order chi connectivity index (χ0) is 17.9. The highest BCUT2D eigenvalue weighted by Crippen LogP contribution is 2.20. The van der Waals surface area contributed by atoms with Crippen LogP contribution in [0.15, 0.2) is 42.6 Å². The van der Waals surface area contributed by atoms with E-state index in [0.717, 1.165) is 17.1 Å². The second kappa shape index (κ2) is 10.7. The number of nitrogens with zero attached hydrogens (tertiary/aromatic N) is 1. The highest BCUT2D eigenvalue weighted by Gasteiger charge is 2.04. The van der Waals surface area contributed by atoms with Crippen molar-refractivity contribution in [3.8, 4) is 11.6 Å². The third kappa shape index (κ3) is 7.56. The summed E-state index contributed by atoms with van der Waals surface area (Å²) in [6.45, 7) is 2.59. The lowest BCUT2D eigenvalue weighted by Gasteiger charge is -2.08. The van der Waals surface area contributed by atoms with Crippen LogP contribution in [0.1, 0.15) is 31.7 Å². The van der Waals surface area contributed by atoms with E-state index < -0.39 is 0 Å². The minimum Gasteiger partial charge on any atom is -0.439 e. The van der Waals surface area contributed by atoms with Crippen LogP contribution in [0, 0.1) is 5.82 Å². The Morgan fingerprint density at radius 3 is 2.80 bits per heavy atom. The van der Waals surface area contributed by atoms with Gasteiger partial charge in [-0.05, 0) is 48.1 Å². The van der Waals surface area contributed by atoms with Crippen molar-refractivity contribution in [2.75, 3.05) is 11.5 Å². The maximum Gasteiger partial charge on any atom is 0.221 e. The fraction of sp³-hybridized carbons (Fsp3) is 0.368. The van der Waals surface area contributed by atoms with E-state index in [0.29, 0.717) is 24.6 Å². The number of aromatic nitrogens is 1. The number of ether oxygens (including phenoxy) is 1. The van der Waals surface area contributed by atoms with Crippen LogP contribution in [0.5, 0.6) is 11.6 Å². The SMILES string of the molecule is CCCCSCCC(=O)NCc1ccnc(Oc2ccc(F)cc2)c1. The van der Waals surface area contributed by atoms with Crippen LogP contribution in [0.25, 0.3) is 0 Å². The number of rotatable bonds is 10. The van der Waals surface area contributed by atoms with Crippen LogP contribution in [0.2, 0.25) is 0 Å². The molecule has 1 heterocycles. The molecule has 1 aromatic carbocycles. The molecule has 6 heteroatoms. The molecule has 134 valence electrons. The van der Waals surface area contributed by atoms with Gasteiger partial charge in [0, 0.05) is 31.0 Å². The van der Waals surface area contributed by atoms with Gasteiger partial charge in [0.2, 0.25) is 11.8 Å². The van der Waals surface area contributed by atoms with Gasteiger partial charge < -0.3 is 10.1 Å². The van der Waals surface area contributed by atoms with Gasteiger partial charge in [-0.15, -0.1) is 0 Å². The second-order valence-electron chi connectivity index (χ2n) is 5.55. The summed E-state index contributed by atoms with van der Waals surface area (Å²) in [5.41, 5.74) is 0.902. The number of amides is 1. The highest BCUT2D eigenvalue weighted by molar-refractivity contribution is 7.99. The van der Waals surface area contributed by atoms with Crippen molar-refractivity contribution in [2.24, 2.45) is 0 Å². The summed E-state index contributed by atoms with van der Waals surface area (Å²) < 4.78 is 18.5. The van der Waals surface area contributed by atoms with Crippen LogP contribution < -0.4 is 10.1 Å². The van der Waals surface area contributed by atoms with Crippen molar-refractivity contribution in [2.45, 2.75) is 32.7 Å². The fourth-order valence-electron chi connectivity index (χ4n) is 2.04. The van der Waals surface area contributed by atoms with E-state index in [1.54, 1.807) is 24.4 Å². The first kappa shape index (κ1) is 19.2. The maximum atomic E-state index is 12.9.